The van der Waals surface area contributed by atoms with Crippen LogP contribution in [0, 0.1) is 5.92 Å². The zero-order valence-electron chi connectivity index (χ0n) is 15.6. The molecule has 1 saturated carbocycles. The Bertz CT molecular complexity index is 1010. The van der Waals surface area contributed by atoms with Crippen LogP contribution >= 0.6 is 0 Å². The molecule has 146 valence electrons. The van der Waals surface area contributed by atoms with Crippen LogP contribution in [0.3, 0.4) is 0 Å². The van der Waals surface area contributed by atoms with E-state index in [1.807, 2.05) is 24.4 Å². The molecule has 5 nitrogen and oxygen atoms in total. The Kier molecular flexibility index (Phi) is 4.83. The van der Waals surface area contributed by atoms with E-state index in [1.165, 1.54) is 6.92 Å². The van der Waals surface area contributed by atoms with Gasteiger partial charge < -0.3 is 10.1 Å². The highest BCUT2D eigenvalue weighted by molar-refractivity contribution is 5.93. The van der Waals surface area contributed by atoms with Gasteiger partial charge in [0.05, 0.1) is 0 Å². The summed E-state index contributed by atoms with van der Waals surface area (Å²) in [6.07, 6.45) is 5.30. The van der Waals surface area contributed by atoms with Gasteiger partial charge in [0.25, 0.3) is 5.92 Å². The molecule has 1 aromatic carbocycles. The lowest BCUT2D eigenvalue weighted by molar-refractivity contribution is -0.117. The molecule has 0 atom stereocenters. The van der Waals surface area contributed by atoms with E-state index in [0.29, 0.717) is 18.1 Å². The Morgan fingerprint density at radius 2 is 2.04 bits per heavy atom. The molecular formula is C21H22F2N3O2+. The monoisotopic (exact) mass is 386 g/mol. The maximum absolute atomic E-state index is 13.3. The Labute approximate surface area is 161 Å². The van der Waals surface area contributed by atoms with Crippen molar-refractivity contribution in [3.05, 3.63) is 52.7 Å². The minimum absolute atomic E-state index is 0.0389. The summed E-state index contributed by atoms with van der Waals surface area (Å²) < 4.78 is 33.8. The molecule has 2 heterocycles. The molecule has 7 heteroatoms. The first-order chi connectivity index (χ1) is 13.4. The normalized spacial score (nSPS) is 15.3. The van der Waals surface area contributed by atoms with Gasteiger partial charge in [-0.25, -0.2) is 13.8 Å². The summed E-state index contributed by atoms with van der Waals surface area (Å²) in [6.45, 7) is 1.46. The number of halogens is 2. The lowest BCUT2D eigenvalue weighted by atomic mass is 10.2. The number of ether oxygens (including phenoxy) is 1. The number of amides is 1. The number of hydrogen-bond donors (Lipinski definition) is 1. The number of alkyl halides is 2. The summed E-state index contributed by atoms with van der Waals surface area (Å²) in [5.74, 6) is -1.61. The lowest BCUT2D eigenvalue weighted by Crippen LogP contribution is -2.48. The van der Waals surface area contributed by atoms with Crippen LogP contribution in [0.15, 0.2) is 36.5 Å². The summed E-state index contributed by atoms with van der Waals surface area (Å²) in [4.78, 5) is 16.2. The highest BCUT2D eigenvalue weighted by Gasteiger charge is 2.31. The van der Waals surface area contributed by atoms with Crippen LogP contribution in [0.1, 0.15) is 31.7 Å². The number of hydrogen-bond acceptors (Lipinski definition) is 3. The van der Waals surface area contributed by atoms with E-state index in [1.54, 1.807) is 18.3 Å². The fraction of sp³-hybridized carbons (Fsp3) is 0.381. The number of nitrogens with zero attached hydrogens (tertiary/aromatic N) is 2. The quantitative estimate of drug-likeness (QED) is 0.709. The molecule has 1 fully saturated rings. The lowest BCUT2D eigenvalue weighted by Gasteiger charge is -2.15. The number of carbonyl (C=O) groups is 1. The molecule has 0 unspecified atom stereocenters. The molecule has 1 aromatic heterocycles. The number of benzene rings is 1. The Hall–Kier alpha value is -2.83. The number of anilines is 1. The number of pyridine rings is 1. The fourth-order valence-corrected chi connectivity index (χ4v) is 2.97. The molecular weight excluding hydrogens is 364 g/mol. The Balaban J connectivity index is 1.42. The van der Waals surface area contributed by atoms with E-state index in [-0.39, 0.29) is 18.2 Å². The molecule has 2 aliphatic rings. The summed E-state index contributed by atoms with van der Waals surface area (Å²) >= 11 is 0. The van der Waals surface area contributed by atoms with Crippen LogP contribution in [0.2, 0.25) is 0 Å². The standard InChI is InChI=1S/C21H21F2N3O2/c1-2-21(22,23)13-28-16-7-3-14(4-8-16)11-26-12-17-18(26)9-10-24-19(17)25-20(27)15-5-6-15/h3-4,7-10,12,15H,2,5-6,11,13H2,1H3/p+1. The number of aromatic nitrogens is 1. The van der Waals surface area contributed by atoms with E-state index in [9.17, 15) is 13.6 Å². The maximum atomic E-state index is 13.3. The van der Waals surface area contributed by atoms with Crippen LogP contribution in [0.4, 0.5) is 14.6 Å². The van der Waals surface area contributed by atoms with Crippen LogP contribution in [-0.4, -0.2) is 23.4 Å². The van der Waals surface area contributed by atoms with Gasteiger partial charge in [-0.05, 0) is 37.1 Å². The van der Waals surface area contributed by atoms with Crippen LogP contribution in [0.25, 0.3) is 6.20 Å². The summed E-state index contributed by atoms with van der Waals surface area (Å²) in [7, 11) is 0. The first-order valence-electron chi connectivity index (χ1n) is 9.46. The Morgan fingerprint density at radius 1 is 1.29 bits per heavy atom. The third kappa shape index (κ3) is 4.03. The average Bonchev–Trinajstić information content (AvgIpc) is 3.52. The van der Waals surface area contributed by atoms with Crippen molar-refractivity contribution < 1.29 is 18.3 Å². The van der Waals surface area contributed by atoms with E-state index in [0.717, 1.165) is 29.0 Å². The predicted molar refractivity (Wildman–Crippen MR) is 101 cm³/mol. The number of carbonyl (C=O) groups excluding carboxylic acids is 1. The zero-order chi connectivity index (χ0) is 19.7. The summed E-state index contributed by atoms with van der Waals surface area (Å²) in [5, 5.41) is 4.83. The van der Waals surface area contributed by atoms with Gasteiger partial charge in [-0.2, -0.15) is 4.58 Å². The second kappa shape index (κ2) is 7.30. The van der Waals surface area contributed by atoms with Crippen molar-refractivity contribution in [2.24, 2.45) is 5.92 Å². The minimum Gasteiger partial charge on any atom is -0.487 e. The molecule has 4 rings (SSSR count). The first kappa shape index (κ1) is 18.5. The third-order valence-electron chi connectivity index (χ3n) is 4.99. The van der Waals surface area contributed by atoms with Gasteiger partial charge in [-0.3, -0.25) is 4.79 Å². The highest BCUT2D eigenvalue weighted by atomic mass is 19.3. The van der Waals surface area contributed by atoms with Crippen molar-refractivity contribution in [1.82, 2.24) is 9.56 Å². The Morgan fingerprint density at radius 3 is 2.71 bits per heavy atom. The van der Waals surface area contributed by atoms with Gasteiger partial charge in [0, 0.05) is 30.2 Å². The second-order valence-corrected chi connectivity index (χ2v) is 7.26. The zero-order valence-corrected chi connectivity index (χ0v) is 15.6. The van der Waals surface area contributed by atoms with E-state index < -0.39 is 12.5 Å². The molecule has 28 heavy (non-hydrogen) atoms. The van der Waals surface area contributed by atoms with E-state index in [2.05, 4.69) is 14.9 Å². The molecule has 0 spiro atoms. The second-order valence-electron chi connectivity index (χ2n) is 7.26. The molecule has 0 radical (unpaired) electrons. The van der Waals surface area contributed by atoms with Gasteiger partial charge in [0.1, 0.15) is 5.75 Å². The van der Waals surface area contributed by atoms with Crippen molar-refractivity contribution in [2.45, 2.75) is 38.7 Å². The van der Waals surface area contributed by atoms with Crippen molar-refractivity contribution >= 4 is 17.9 Å². The van der Waals surface area contributed by atoms with Gasteiger partial charge in [-0.15, -0.1) is 0 Å². The SMILES string of the molecule is CCC(F)(F)COc1ccc(C[N+]2=c3ccnc(NC(=O)C4CC4)c3=C2)cc1. The number of fused-ring (bicyclic) bond motifs is 1. The van der Waals surface area contributed by atoms with Crippen LogP contribution in [-0.2, 0) is 11.3 Å². The topological polar surface area (TPSA) is 54.2 Å². The number of rotatable bonds is 8. The van der Waals surface area contributed by atoms with Gasteiger partial charge >= 0.3 is 0 Å². The molecule has 0 bridgehead atoms. The van der Waals surface area contributed by atoms with Gasteiger partial charge in [0.15, 0.2) is 30.4 Å². The van der Waals surface area contributed by atoms with Crippen molar-refractivity contribution in [3.63, 3.8) is 0 Å². The predicted octanol–water partition coefficient (Wildman–Crippen LogP) is 2.30. The maximum Gasteiger partial charge on any atom is 0.281 e. The highest BCUT2D eigenvalue weighted by Crippen LogP contribution is 2.29. The first-order valence-corrected chi connectivity index (χ1v) is 9.46. The van der Waals surface area contributed by atoms with E-state index in [4.69, 9.17) is 4.74 Å². The average molecular weight is 386 g/mol. The van der Waals surface area contributed by atoms with Crippen molar-refractivity contribution in [2.75, 3.05) is 11.9 Å². The fourth-order valence-electron chi connectivity index (χ4n) is 2.97. The molecule has 1 N–H and O–H groups in total. The third-order valence-corrected chi connectivity index (χ3v) is 4.99. The van der Waals surface area contributed by atoms with E-state index >= 15 is 0 Å². The van der Waals surface area contributed by atoms with Crippen molar-refractivity contribution in [1.29, 1.82) is 0 Å². The largest absolute Gasteiger partial charge is 0.487 e. The number of nitrogens with one attached hydrogen (secondary N) is 1. The molecule has 1 aliphatic carbocycles. The smallest absolute Gasteiger partial charge is 0.281 e. The minimum atomic E-state index is -2.81. The van der Waals surface area contributed by atoms with Gasteiger partial charge in [0.2, 0.25) is 11.3 Å². The van der Waals surface area contributed by atoms with Crippen LogP contribution in [0.5, 0.6) is 5.75 Å². The molecule has 1 aliphatic heterocycles. The molecule has 0 saturated heterocycles. The molecule has 1 amide bonds. The molecule has 2 aromatic rings. The summed E-state index contributed by atoms with van der Waals surface area (Å²) in [5.41, 5.74) is 1.02. The van der Waals surface area contributed by atoms with Gasteiger partial charge in [-0.1, -0.05) is 6.92 Å². The van der Waals surface area contributed by atoms with Crippen LogP contribution < -0.4 is 25.2 Å². The summed E-state index contributed by atoms with van der Waals surface area (Å²) in [6, 6.07) is 9.04. The van der Waals surface area contributed by atoms with Crippen molar-refractivity contribution in [3.8, 4) is 5.75 Å².